The molecule has 1 atom stereocenters. The summed E-state index contributed by atoms with van der Waals surface area (Å²) in [7, 11) is 0. The monoisotopic (exact) mass is 475 g/mol. The zero-order chi connectivity index (χ0) is 24.0. The highest BCUT2D eigenvalue weighted by Crippen LogP contribution is 2.55. The molecule has 2 aliphatic heterocycles. The summed E-state index contributed by atoms with van der Waals surface area (Å²) < 4.78 is 13.6. The molecule has 3 aromatic rings. The number of amides is 3. The van der Waals surface area contributed by atoms with Gasteiger partial charge < -0.3 is 5.32 Å². The third-order valence-electron chi connectivity index (χ3n) is 5.96. The molecule has 172 valence electrons. The minimum Gasteiger partial charge on any atom is -0.325 e. The van der Waals surface area contributed by atoms with Gasteiger partial charge in [-0.05, 0) is 67.4 Å². The normalized spacial score (nSPS) is 19.1. The highest BCUT2D eigenvalue weighted by atomic mass is 32.2. The van der Waals surface area contributed by atoms with Crippen molar-refractivity contribution in [2.75, 3.05) is 27.4 Å². The van der Waals surface area contributed by atoms with Crippen molar-refractivity contribution in [3.63, 3.8) is 0 Å². The summed E-state index contributed by atoms with van der Waals surface area (Å²) >= 11 is 1.22. The second-order valence-electron chi connectivity index (χ2n) is 8.47. The van der Waals surface area contributed by atoms with Crippen LogP contribution in [0.1, 0.15) is 16.7 Å². The molecule has 6 nitrogen and oxygen atoms in total. The van der Waals surface area contributed by atoms with Crippen LogP contribution in [0.2, 0.25) is 0 Å². The summed E-state index contributed by atoms with van der Waals surface area (Å²) in [5, 5.41) is 2.88. The topological polar surface area (TPSA) is 69.7 Å². The summed E-state index contributed by atoms with van der Waals surface area (Å²) in [6.07, 6.45) is 0. The van der Waals surface area contributed by atoms with E-state index in [2.05, 4.69) is 5.32 Å². The lowest BCUT2D eigenvalue weighted by atomic mass is 10.0. The third kappa shape index (κ3) is 3.54. The van der Waals surface area contributed by atoms with Crippen molar-refractivity contribution in [3.8, 4) is 0 Å². The average molecular weight is 476 g/mol. The number of carbonyl (C=O) groups is 3. The molecule has 8 heteroatoms. The molecule has 0 saturated carbocycles. The largest absolute Gasteiger partial charge is 0.325 e. The molecule has 2 heterocycles. The van der Waals surface area contributed by atoms with Gasteiger partial charge in [-0.25, -0.2) is 4.39 Å². The molecular weight excluding hydrogens is 453 g/mol. The maximum absolute atomic E-state index is 13.9. The van der Waals surface area contributed by atoms with Crippen molar-refractivity contribution in [2.45, 2.75) is 18.7 Å². The summed E-state index contributed by atoms with van der Waals surface area (Å²) in [6, 6.07) is 18.4. The highest BCUT2D eigenvalue weighted by molar-refractivity contribution is 8.02. The summed E-state index contributed by atoms with van der Waals surface area (Å²) in [5.74, 6) is -1.29. The third-order valence-corrected chi connectivity index (χ3v) is 7.34. The summed E-state index contributed by atoms with van der Waals surface area (Å²) in [5.41, 5.74) is 4.36. The molecule has 3 aromatic carbocycles. The smallest absolute Gasteiger partial charge is 0.269 e. The molecule has 5 rings (SSSR count). The van der Waals surface area contributed by atoms with Crippen LogP contribution in [-0.4, -0.2) is 30.0 Å². The SMILES string of the molecule is Cc1cc(C)cc(NC(=O)CN2C(=O)[C@@]3(SCC(=O)N3c3ccc(F)cc3)c3ccccc32)c1. The predicted octanol–water partition coefficient (Wildman–Crippen LogP) is 4.36. The van der Waals surface area contributed by atoms with Gasteiger partial charge in [0, 0.05) is 16.9 Å². The highest BCUT2D eigenvalue weighted by Gasteiger charge is 2.61. The minimum atomic E-state index is -1.34. The number of hydrogen-bond acceptors (Lipinski definition) is 4. The van der Waals surface area contributed by atoms with Crippen LogP contribution in [0.4, 0.5) is 21.5 Å². The lowest BCUT2D eigenvalue weighted by molar-refractivity contribution is -0.124. The predicted molar refractivity (Wildman–Crippen MR) is 131 cm³/mol. The van der Waals surface area contributed by atoms with Gasteiger partial charge in [-0.3, -0.25) is 24.2 Å². The van der Waals surface area contributed by atoms with E-state index >= 15 is 0 Å². The van der Waals surface area contributed by atoms with E-state index in [1.54, 1.807) is 24.3 Å². The van der Waals surface area contributed by atoms with E-state index in [0.717, 1.165) is 11.1 Å². The fourth-order valence-electron chi connectivity index (χ4n) is 4.69. The number of thioether (sulfide) groups is 1. The molecule has 2 aliphatic rings. The van der Waals surface area contributed by atoms with Gasteiger partial charge in [-0.15, -0.1) is 11.8 Å². The Labute approximate surface area is 200 Å². The van der Waals surface area contributed by atoms with Crippen LogP contribution in [0, 0.1) is 19.7 Å². The van der Waals surface area contributed by atoms with Crippen molar-refractivity contribution in [1.82, 2.24) is 0 Å². The number of carbonyl (C=O) groups excluding carboxylic acids is 3. The van der Waals surface area contributed by atoms with Gasteiger partial charge in [-0.1, -0.05) is 24.3 Å². The van der Waals surface area contributed by atoms with Crippen LogP contribution >= 0.6 is 11.8 Å². The van der Waals surface area contributed by atoms with Gasteiger partial charge in [0.15, 0.2) is 0 Å². The van der Waals surface area contributed by atoms with E-state index in [0.29, 0.717) is 22.6 Å². The van der Waals surface area contributed by atoms with Crippen molar-refractivity contribution in [1.29, 1.82) is 0 Å². The lowest BCUT2D eigenvalue weighted by Crippen LogP contribution is -2.50. The molecule has 0 aromatic heterocycles. The Hall–Kier alpha value is -3.65. The maximum atomic E-state index is 13.9. The quantitative estimate of drug-likeness (QED) is 0.609. The van der Waals surface area contributed by atoms with Crippen LogP contribution in [-0.2, 0) is 19.3 Å². The molecule has 0 bridgehead atoms. The van der Waals surface area contributed by atoms with Gasteiger partial charge in [-0.2, -0.15) is 0 Å². The number of para-hydroxylation sites is 1. The first-order valence-corrected chi connectivity index (χ1v) is 11.8. The molecule has 3 amide bonds. The van der Waals surface area contributed by atoms with Gasteiger partial charge in [0.05, 0.1) is 11.4 Å². The van der Waals surface area contributed by atoms with Crippen LogP contribution in [0.15, 0.2) is 66.7 Å². The number of benzene rings is 3. The summed E-state index contributed by atoms with van der Waals surface area (Å²) in [4.78, 5) is 41.4. The number of halogens is 1. The fraction of sp³-hybridized carbons (Fsp3) is 0.192. The second kappa shape index (κ2) is 8.29. The Balaban J connectivity index is 1.50. The molecule has 0 aliphatic carbocycles. The standard InChI is InChI=1S/C26H22FN3O3S/c1-16-11-17(2)13-19(12-16)28-23(31)14-29-22-6-4-3-5-21(22)26(25(29)33)30(24(32)15-34-26)20-9-7-18(27)8-10-20/h3-13H,14-15H2,1-2H3,(H,28,31)/t26-/m0/s1. The van der Waals surface area contributed by atoms with Gasteiger partial charge >= 0.3 is 0 Å². The molecular formula is C26H22FN3O3S. The zero-order valence-electron chi connectivity index (χ0n) is 18.7. The lowest BCUT2D eigenvalue weighted by Gasteiger charge is -2.33. The van der Waals surface area contributed by atoms with E-state index in [1.807, 2.05) is 32.0 Å². The maximum Gasteiger partial charge on any atom is 0.269 e. The number of nitrogens with one attached hydrogen (secondary N) is 1. The number of anilines is 3. The van der Waals surface area contributed by atoms with E-state index < -0.39 is 10.7 Å². The van der Waals surface area contributed by atoms with Gasteiger partial charge in [0.1, 0.15) is 12.4 Å². The van der Waals surface area contributed by atoms with Gasteiger partial charge in [0.2, 0.25) is 16.7 Å². The number of rotatable bonds is 4. The Bertz CT molecular complexity index is 1310. The Kier molecular flexibility index (Phi) is 5.40. The van der Waals surface area contributed by atoms with Crippen LogP contribution in [0.25, 0.3) is 0 Å². The molecule has 1 fully saturated rings. The Morgan fingerprint density at radius 3 is 2.41 bits per heavy atom. The van der Waals surface area contributed by atoms with Crippen molar-refractivity contribution >= 4 is 46.5 Å². The zero-order valence-corrected chi connectivity index (χ0v) is 19.5. The first-order valence-electron chi connectivity index (χ1n) is 10.8. The first kappa shape index (κ1) is 22.2. The second-order valence-corrected chi connectivity index (χ2v) is 9.64. The van der Waals surface area contributed by atoms with E-state index in [4.69, 9.17) is 0 Å². The van der Waals surface area contributed by atoms with Crippen LogP contribution in [0.5, 0.6) is 0 Å². The number of fused-ring (bicyclic) bond motifs is 2. The number of hydrogen-bond donors (Lipinski definition) is 1. The van der Waals surface area contributed by atoms with E-state index in [-0.39, 0.29) is 30.0 Å². The van der Waals surface area contributed by atoms with E-state index in [1.165, 1.54) is 45.8 Å². The molecule has 0 unspecified atom stereocenters. The Morgan fingerprint density at radius 1 is 1.03 bits per heavy atom. The van der Waals surface area contributed by atoms with Crippen molar-refractivity contribution in [2.24, 2.45) is 0 Å². The average Bonchev–Trinajstić information content (AvgIpc) is 3.25. The van der Waals surface area contributed by atoms with Gasteiger partial charge in [0.25, 0.3) is 5.91 Å². The molecule has 1 spiro atoms. The Morgan fingerprint density at radius 2 is 1.71 bits per heavy atom. The first-order chi connectivity index (χ1) is 16.3. The summed E-state index contributed by atoms with van der Waals surface area (Å²) in [6.45, 7) is 3.70. The van der Waals surface area contributed by atoms with Crippen LogP contribution < -0.4 is 15.1 Å². The molecule has 1 N–H and O–H groups in total. The molecule has 34 heavy (non-hydrogen) atoms. The number of aryl methyl sites for hydroxylation is 2. The molecule has 1 saturated heterocycles. The van der Waals surface area contributed by atoms with E-state index in [9.17, 15) is 18.8 Å². The van der Waals surface area contributed by atoms with Crippen molar-refractivity contribution < 1.29 is 18.8 Å². The molecule has 0 radical (unpaired) electrons. The fourth-order valence-corrected chi connectivity index (χ4v) is 6.05. The number of nitrogens with zero attached hydrogens (tertiary/aromatic N) is 2. The minimum absolute atomic E-state index is 0.0973. The van der Waals surface area contributed by atoms with Crippen molar-refractivity contribution in [3.05, 3.63) is 89.2 Å². The van der Waals surface area contributed by atoms with Crippen LogP contribution in [0.3, 0.4) is 0 Å².